The van der Waals surface area contributed by atoms with Gasteiger partial charge < -0.3 is 0 Å². The molecule has 2 nitrogen and oxygen atoms in total. The zero-order valence-corrected chi connectivity index (χ0v) is 6.89. The first kappa shape index (κ1) is 8.03. The van der Waals surface area contributed by atoms with Crippen molar-refractivity contribution in [1.29, 1.82) is 5.26 Å². The van der Waals surface area contributed by atoms with Crippen molar-refractivity contribution in [1.82, 2.24) is 4.98 Å². The molecule has 3 heteroatoms. The summed E-state index contributed by atoms with van der Waals surface area (Å²) in [5, 5.41) is 8.58. The number of rotatable bonds is 1. The second-order valence-corrected chi connectivity index (χ2v) is 2.48. The van der Waals surface area contributed by atoms with Crippen LogP contribution in [0.1, 0.15) is 17.0 Å². The van der Waals surface area contributed by atoms with Gasteiger partial charge in [-0.25, -0.2) is 4.98 Å². The molecular formula is C8H7ClN2. The van der Waals surface area contributed by atoms with Crippen molar-refractivity contribution in [2.75, 3.05) is 0 Å². The number of aromatic nitrogens is 1. The molecule has 11 heavy (non-hydrogen) atoms. The van der Waals surface area contributed by atoms with Crippen molar-refractivity contribution < 1.29 is 0 Å². The molecule has 1 aromatic rings. The molecule has 0 aliphatic heterocycles. The van der Waals surface area contributed by atoms with E-state index >= 15 is 0 Å². The van der Waals surface area contributed by atoms with Crippen molar-refractivity contribution in [2.45, 2.75) is 12.8 Å². The van der Waals surface area contributed by atoms with Crippen LogP contribution in [0.3, 0.4) is 0 Å². The molecule has 0 radical (unpaired) electrons. The smallest absolute Gasteiger partial charge is 0.143 e. The lowest BCUT2D eigenvalue weighted by molar-refractivity contribution is 1.11. The van der Waals surface area contributed by atoms with Gasteiger partial charge in [0, 0.05) is 0 Å². The number of pyridine rings is 1. The molecular weight excluding hydrogens is 160 g/mol. The molecule has 0 N–H and O–H groups in total. The molecule has 0 fully saturated rings. The lowest BCUT2D eigenvalue weighted by atomic mass is 10.2. The van der Waals surface area contributed by atoms with E-state index in [1.54, 1.807) is 0 Å². The third kappa shape index (κ3) is 1.69. The van der Waals surface area contributed by atoms with E-state index in [1.807, 2.05) is 25.1 Å². The van der Waals surface area contributed by atoms with E-state index in [0.717, 1.165) is 11.3 Å². The summed E-state index contributed by atoms with van der Waals surface area (Å²) in [4.78, 5) is 4.02. The number of halogens is 1. The quantitative estimate of drug-likeness (QED) is 0.599. The van der Waals surface area contributed by atoms with Gasteiger partial charge in [0.15, 0.2) is 0 Å². The average Bonchev–Trinajstić information content (AvgIpc) is 2.05. The van der Waals surface area contributed by atoms with Crippen molar-refractivity contribution in [3.63, 3.8) is 0 Å². The van der Waals surface area contributed by atoms with Crippen LogP contribution in [0.5, 0.6) is 0 Å². The predicted octanol–water partition coefficient (Wildman–Crippen LogP) is 2.00. The van der Waals surface area contributed by atoms with E-state index in [2.05, 4.69) is 4.98 Å². The molecule has 0 amide bonds. The SMILES string of the molecule is Cc1ccc(CCl)nc1C#N. The number of alkyl halides is 1. The van der Waals surface area contributed by atoms with E-state index in [9.17, 15) is 0 Å². The van der Waals surface area contributed by atoms with E-state index in [0.29, 0.717) is 11.6 Å². The van der Waals surface area contributed by atoms with Crippen LogP contribution in [0.15, 0.2) is 12.1 Å². The first-order valence-electron chi connectivity index (χ1n) is 3.20. The van der Waals surface area contributed by atoms with Gasteiger partial charge >= 0.3 is 0 Å². The number of hydrogen-bond donors (Lipinski definition) is 0. The molecule has 0 spiro atoms. The summed E-state index contributed by atoms with van der Waals surface area (Å²) >= 11 is 5.54. The fourth-order valence-corrected chi connectivity index (χ4v) is 0.906. The van der Waals surface area contributed by atoms with Crippen LogP contribution in [0.25, 0.3) is 0 Å². The topological polar surface area (TPSA) is 36.7 Å². The Morgan fingerprint density at radius 2 is 2.36 bits per heavy atom. The number of hydrogen-bond acceptors (Lipinski definition) is 2. The summed E-state index contributed by atoms with van der Waals surface area (Å²) in [6, 6.07) is 5.67. The van der Waals surface area contributed by atoms with Gasteiger partial charge in [-0.05, 0) is 18.6 Å². The molecule has 0 unspecified atom stereocenters. The Morgan fingerprint density at radius 3 is 2.91 bits per heavy atom. The van der Waals surface area contributed by atoms with Crippen LogP contribution >= 0.6 is 11.6 Å². The maximum absolute atomic E-state index is 8.58. The van der Waals surface area contributed by atoms with Crippen molar-refractivity contribution >= 4 is 11.6 Å². The third-order valence-electron chi connectivity index (χ3n) is 1.40. The maximum atomic E-state index is 8.58. The highest BCUT2D eigenvalue weighted by molar-refractivity contribution is 6.16. The first-order valence-corrected chi connectivity index (χ1v) is 3.74. The van der Waals surface area contributed by atoms with Crippen molar-refractivity contribution in [2.24, 2.45) is 0 Å². The van der Waals surface area contributed by atoms with Crippen LogP contribution in [0.2, 0.25) is 0 Å². The van der Waals surface area contributed by atoms with Gasteiger partial charge in [-0.15, -0.1) is 11.6 Å². The summed E-state index contributed by atoms with van der Waals surface area (Å²) in [6.07, 6.45) is 0. The van der Waals surface area contributed by atoms with Crippen molar-refractivity contribution in [3.05, 3.63) is 29.1 Å². The van der Waals surface area contributed by atoms with Crippen LogP contribution in [0, 0.1) is 18.3 Å². The van der Waals surface area contributed by atoms with E-state index < -0.39 is 0 Å². The Hall–Kier alpha value is -1.07. The minimum atomic E-state index is 0.356. The second-order valence-electron chi connectivity index (χ2n) is 2.21. The Balaban J connectivity index is 3.15. The lowest BCUT2D eigenvalue weighted by Crippen LogP contribution is -1.91. The minimum Gasteiger partial charge on any atom is -0.241 e. The van der Waals surface area contributed by atoms with E-state index in [4.69, 9.17) is 16.9 Å². The maximum Gasteiger partial charge on any atom is 0.143 e. The second kappa shape index (κ2) is 3.36. The Bertz CT molecular complexity index is 301. The Morgan fingerprint density at radius 1 is 1.64 bits per heavy atom. The average molecular weight is 167 g/mol. The molecule has 0 aliphatic rings. The summed E-state index contributed by atoms with van der Waals surface area (Å²) in [5.41, 5.74) is 2.10. The molecule has 1 aromatic heterocycles. The fourth-order valence-electron chi connectivity index (χ4n) is 0.757. The number of nitriles is 1. The number of aryl methyl sites for hydroxylation is 1. The molecule has 0 saturated heterocycles. The van der Waals surface area contributed by atoms with Gasteiger partial charge in [-0.3, -0.25) is 0 Å². The molecule has 0 bridgehead atoms. The fraction of sp³-hybridized carbons (Fsp3) is 0.250. The molecule has 56 valence electrons. The van der Waals surface area contributed by atoms with Gasteiger partial charge in [0.1, 0.15) is 11.8 Å². The Kier molecular flexibility index (Phi) is 2.45. The largest absolute Gasteiger partial charge is 0.241 e. The highest BCUT2D eigenvalue weighted by Crippen LogP contribution is 2.06. The highest BCUT2D eigenvalue weighted by atomic mass is 35.5. The van der Waals surface area contributed by atoms with E-state index in [1.165, 1.54) is 0 Å². The van der Waals surface area contributed by atoms with Crippen LogP contribution in [0.4, 0.5) is 0 Å². The Labute approximate surface area is 70.4 Å². The molecule has 0 aromatic carbocycles. The summed E-state index contributed by atoms with van der Waals surface area (Å²) in [7, 11) is 0. The minimum absolute atomic E-state index is 0.356. The summed E-state index contributed by atoms with van der Waals surface area (Å²) < 4.78 is 0. The number of nitrogens with zero attached hydrogens (tertiary/aromatic N) is 2. The molecule has 1 rings (SSSR count). The summed E-state index contributed by atoms with van der Waals surface area (Å²) in [6.45, 7) is 1.85. The van der Waals surface area contributed by atoms with Gasteiger partial charge in [0.05, 0.1) is 11.6 Å². The zero-order chi connectivity index (χ0) is 8.27. The van der Waals surface area contributed by atoms with Gasteiger partial charge in [-0.2, -0.15) is 5.26 Å². The first-order chi connectivity index (χ1) is 5.27. The van der Waals surface area contributed by atoms with Gasteiger partial charge in [0.25, 0.3) is 0 Å². The van der Waals surface area contributed by atoms with Crippen molar-refractivity contribution in [3.8, 4) is 6.07 Å². The standard InChI is InChI=1S/C8H7ClN2/c1-6-2-3-7(4-9)11-8(6)5-10/h2-3H,4H2,1H3. The lowest BCUT2D eigenvalue weighted by Gasteiger charge is -1.97. The van der Waals surface area contributed by atoms with Crippen LogP contribution < -0.4 is 0 Å². The molecule has 0 atom stereocenters. The monoisotopic (exact) mass is 166 g/mol. The molecule has 1 heterocycles. The van der Waals surface area contributed by atoms with Crippen LogP contribution in [-0.2, 0) is 5.88 Å². The van der Waals surface area contributed by atoms with Crippen LogP contribution in [-0.4, -0.2) is 4.98 Å². The van der Waals surface area contributed by atoms with Gasteiger partial charge in [0.2, 0.25) is 0 Å². The molecule has 0 saturated carbocycles. The zero-order valence-electron chi connectivity index (χ0n) is 6.13. The molecule has 0 aliphatic carbocycles. The normalized spacial score (nSPS) is 9.18. The van der Waals surface area contributed by atoms with E-state index in [-0.39, 0.29) is 0 Å². The highest BCUT2D eigenvalue weighted by Gasteiger charge is 1.98. The van der Waals surface area contributed by atoms with Gasteiger partial charge in [-0.1, -0.05) is 6.07 Å². The predicted molar refractivity (Wildman–Crippen MR) is 43.2 cm³/mol. The summed E-state index contributed by atoms with van der Waals surface area (Å²) in [5.74, 6) is 0.356. The third-order valence-corrected chi connectivity index (χ3v) is 1.67.